The second kappa shape index (κ2) is 13.5. The van der Waals surface area contributed by atoms with Crippen LogP contribution in [-0.4, -0.2) is 94.6 Å². The highest BCUT2D eigenvalue weighted by Crippen LogP contribution is 2.35. The van der Waals surface area contributed by atoms with Crippen molar-refractivity contribution >= 4 is 29.4 Å². The van der Waals surface area contributed by atoms with E-state index < -0.39 is 18.4 Å². The number of carbonyl (C=O) groups is 3. The molecule has 1 aliphatic rings. The van der Waals surface area contributed by atoms with E-state index in [4.69, 9.17) is 18.9 Å². The Balaban J connectivity index is 1.94. The summed E-state index contributed by atoms with van der Waals surface area (Å²) in [6, 6.07) is 8.38. The van der Waals surface area contributed by atoms with Gasteiger partial charge >= 0.3 is 5.97 Å². The Bertz CT molecular complexity index is 1110. The molecule has 1 heterocycles. The maximum absolute atomic E-state index is 12.1. The van der Waals surface area contributed by atoms with E-state index in [-0.39, 0.29) is 63.1 Å². The lowest BCUT2D eigenvalue weighted by atomic mass is 10.1. The predicted octanol–water partition coefficient (Wildman–Crippen LogP) is 1.35. The minimum Gasteiger partial charge on any atom is -0.507 e. The molecule has 0 bridgehead atoms. The lowest BCUT2D eigenvalue weighted by Gasteiger charge is -2.27. The minimum atomic E-state index is -0.653. The molecule has 0 amide bonds. The summed E-state index contributed by atoms with van der Waals surface area (Å²) in [6.07, 6.45) is 0.506. The number of aliphatic hydroxyl groups excluding tert-OH is 1. The summed E-state index contributed by atoms with van der Waals surface area (Å²) in [5, 5.41) is 19.6. The van der Waals surface area contributed by atoms with Gasteiger partial charge in [0.05, 0.1) is 43.8 Å². The highest BCUT2D eigenvalue weighted by molar-refractivity contribution is 5.87. The molecular formula is C26H32N2O9. The maximum Gasteiger partial charge on any atom is 0.325 e. The second-order valence-corrected chi connectivity index (χ2v) is 8.39. The fraction of sp³-hybridized carbons (Fsp3) is 0.423. The van der Waals surface area contributed by atoms with Gasteiger partial charge in [-0.05, 0) is 30.7 Å². The molecule has 0 spiro atoms. The van der Waals surface area contributed by atoms with E-state index in [2.05, 4.69) is 0 Å². The van der Waals surface area contributed by atoms with E-state index >= 15 is 0 Å². The summed E-state index contributed by atoms with van der Waals surface area (Å²) in [6.45, 7) is 2.35. The number of ketones is 1. The molecule has 3 rings (SSSR count). The normalized spacial score (nSPS) is 14.7. The first kappa shape index (κ1) is 27.8. The van der Waals surface area contributed by atoms with Gasteiger partial charge in [0.15, 0.2) is 12.1 Å². The average Bonchev–Trinajstić information content (AvgIpc) is 2.89. The van der Waals surface area contributed by atoms with Gasteiger partial charge in [0.2, 0.25) is 0 Å². The van der Waals surface area contributed by atoms with Crippen LogP contribution in [0.15, 0.2) is 30.3 Å². The molecule has 0 atom stereocenters. The number of benzene rings is 2. The Morgan fingerprint density at radius 1 is 0.973 bits per heavy atom. The molecule has 0 saturated heterocycles. The van der Waals surface area contributed by atoms with Crippen molar-refractivity contribution in [3.8, 4) is 17.2 Å². The van der Waals surface area contributed by atoms with Crippen LogP contribution in [0.5, 0.6) is 17.2 Å². The summed E-state index contributed by atoms with van der Waals surface area (Å²) in [7, 11) is 1.32. The van der Waals surface area contributed by atoms with E-state index in [0.29, 0.717) is 30.0 Å². The number of carbonyl (C=O) groups excluding carboxylic acids is 3. The first-order chi connectivity index (χ1) is 17.9. The first-order valence-corrected chi connectivity index (χ1v) is 11.8. The van der Waals surface area contributed by atoms with Crippen LogP contribution in [-0.2, 0) is 19.1 Å². The number of esters is 1. The Morgan fingerprint density at radius 3 is 2.24 bits per heavy atom. The van der Waals surface area contributed by atoms with Gasteiger partial charge in [-0.2, -0.15) is 0 Å². The fourth-order valence-corrected chi connectivity index (χ4v) is 3.84. The number of methoxy groups -OCH3 is 1. The van der Waals surface area contributed by atoms with Crippen molar-refractivity contribution in [1.82, 2.24) is 0 Å². The lowest BCUT2D eigenvalue weighted by molar-refractivity contribution is -0.139. The van der Waals surface area contributed by atoms with Crippen LogP contribution in [0.1, 0.15) is 15.9 Å². The van der Waals surface area contributed by atoms with Gasteiger partial charge < -0.3 is 39.0 Å². The standard InChI is InChI=1S/C26H32N2O9/c1-18-3-4-21-24(11-18)36-9-10-37-25-12-19(16-29)23(32)13-22(25)27(14-20(31)17-30)5-7-35-8-6-28(21)15-26(33)34-2/h3-4,11-13,16,30,32H,5-10,14-15,17H2,1-2H3. The van der Waals surface area contributed by atoms with Crippen LogP contribution >= 0.6 is 0 Å². The largest absolute Gasteiger partial charge is 0.507 e. The zero-order chi connectivity index (χ0) is 26.8. The Labute approximate surface area is 215 Å². The number of phenols is 1. The van der Waals surface area contributed by atoms with Gasteiger partial charge in [-0.15, -0.1) is 0 Å². The number of hydrogen-bond acceptors (Lipinski definition) is 11. The van der Waals surface area contributed by atoms with Crippen molar-refractivity contribution in [2.45, 2.75) is 6.92 Å². The number of rotatable bonds is 6. The molecule has 0 aliphatic carbocycles. The maximum atomic E-state index is 12.1. The SMILES string of the molecule is COC(=O)CN1CCOCCN(CC(=O)CO)c2cc(O)c(C=O)cc2OCCOc2cc(C)ccc21. The van der Waals surface area contributed by atoms with Crippen LogP contribution in [0.2, 0.25) is 0 Å². The highest BCUT2D eigenvalue weighted by atomic mass is 16.5. The molecule has 0 saturated carbocycles. The van der Waals surface area contributed by atoms with E-state index in [1.807, 2.05) is 25.1 Å². The quantitative estimate of drug-likeness (QED) is 0.425. The Morgan fingerprint density at radius 2 is 1.62 bits per heavy atom. The number of Topliss-reactive ketones (excluding diaryl/α,β-unsaturated/α-hetero) is 1. The zero-order valence-corrected chi connectivity index (χ0v) is 21.0. The molecule has 11 heteroatoms. The number of aryl methyl sites for hydroxylation is 1. The number of fused-ring (bicyclic) bond motifs is 2. The van der Waals surface area contributed by atoms with Crippen molar-refractivity contribution in [2.75, 3.05) is 76.1 Å². The molecular weight excluding hydrogens is 484 g/mol. The molecule has 2 aromatic rings. The molecule has 0 fully saturated rings. The number of ether oxygens (including phenoxy) is 4. The van der Waals surface area contributed by atoms with Gasteiger partial charge in [-0.1, -0.05) is 6.07 Å². The van der Waals surface area contributed by atoms with Crippen LogP contribution in [0, 0.1) is 6.92 Å². The van der Waals surface area contributed by atoms with Crippen molar-refractivity contribution in [3.63, 3.8) is 0 Å². The molecule has 0 radical (unpaired) electrons. The molecule has 11 nitrogen and oxygen atoms in total. The predicted molar refractivity (Wildman–Crippen MR) is 135 cm³/mol. The van der Waals surface area contributed by atoms with Crippen LogP contribution in [0.3, 0.4) is 0 Å². The van der Waals surface area contributed by atoms with E-state index in [0.717, 1.165) is 5.56 Å². The second-order valence-electron chi connectivity index (χ2n) is 8.39. The van der Waals surface area contributed by atoms with E-state index in [1.54, 1.807) is 9.80 Å². The van der Waals surface area contributed by atoms with Gasteiger partial charge in [0.1, 0.15) is 43.6 Å². The first-order valence-electron chi connectivity index (χ1n) is 11.8. The van der Waals surface area contributed by atoms with Gasteiger partial charge in [0.25, 0.3) is 0 Å². The third-order valence-corrected chi connectivity index (χ3v) is 5.73. The minimum absolute atomic E-state index is 0.00784. The average molecular weight is 517 g/mol. The van der Waals surface area contributed by atoms with Crippen molar-refractivity contribution in [3.05, 3.63) is 41.5 Å². The number of anilines is 2. The monoisotopic (exact) mass is 516 g/mol. The van der Waals surface area contributed by atoms with E-state index in [1.165, 1.54) is 19.2 Å². The van der Waals surface area contributed by atoms with Crippen molar-refractivity contribution in [1.29, 1.82) is 0 Å². The number of nitrogens with zero attached hydrogens (tertiary/aromatic N) is 2. The van der Waals surface area contributed by atoms with Crippen LogP contribution in [0.25, 0.3) is 0 Å². The topological polar surface area (TPSA) is 135 Å². The van der Waals surface area contributed by atoms with Crippen molar-refractivity contribution in [2.24, 2.45) is 0 Å². The Hall–Kier alpha value is -3.83. The van der Waals surface area contributed by atoms with Gasteiger partial charge in [-0.3, -0.25) is 14.4 Å². The summed E-state index contributed by atoms with van der Waals surface area (Å²) in [4.78, 5) is 39.0. The molecule has 2 aromatic carbocycles. The molecule has 1 aliphatic heterocycles. The summed E-state index contributed by atoms with van der Waals surface area (Å²) >= 11 is 0. The summed E-state index contributed by atoms with van der Waals surface area (Å²) in [5.74, 6) is -0.307. The molecule has 0 aromatic heterocycles. The zero-order valence-electron chi connectivity index (χ0n) is 21.0. The molecule has 0 unspecified atom stereocenters. The number of hydrogen-bond donors (Lipinski definition) is 2. The van der Waals surface area contributed by atoms with Gasteiger partial charge in [-0.25, -0.2) is 0 Å². The molecule has 2 N–H and O–H groups in total. The Kier molecular flexibility index (Phi) is 10.1. The smallest absolute Gasteiger partial charge is 0.325 e. The highest BCUT2D eigenvalue weighted by Gasteiger charge is 2.21. The van der Waals surface area contributed by atoms with Gasteiger partial charge in [0, 0.05) is 19.2 Å². The molecule has 200 valence electrons. The van der Waals surface area contributed by atoms with Crippen LogP contribution in [0.4, 0.5) is 11.4 Å². The molecule has 37 heavy (non-hydrogen) atoms. The van der Waals surface area contributed by atoms with Crippen molar-refractivity contribution < 1.29 is 43.5 Å². The number of aldehydes is 1. The van der Waals surface area contributed by atoms with Crippen LogP contribution < -0.4 is 19.3 Å². The third kappa shape index (κ3) is 7.58. The summed E-state index contributed by atoms with van der Waals surface area (Å²) in [5.41, 5.74) is 2.05. The van der Waals surface area contributed by atoms with E-state index in [9.17, 15) is 24.6 Å². The number of aliphatic hydroxyl groups is 1. The third-order valence-electron chi connectivity index (χ3n) is 5.73. The number of aromatic hydroxyl groups is 1. The number of phenolic OH excluding ortho intramolecular Hbond substituents is 1. The fourth-order valence-electron chi connectivity index (χ4n) is 3.84. The summed E-state index contributed by atoms with van der Waals surface area (Å²) < 4.78 is 22.6. The lowest BCUT2D eigenvalue weighted by Crippen LogP contribution is -2.36.